The first-order chi connectivity index (χ1) is 12.2. The van der Waals surface area contributed by atoms with Gasteiger partial charge in [-0.1, -0.05) is 48.0 Å². The highest BCUT2D eigenvalue weighted by molar-refractivity contribution is 5.29. The topological polar surface area (TPSA) is 48.1 Å². The number of hydrogen-bond acceptors (Lipinski definition) is 3. The molecule has 1 aromatic heterocycles. The van der Waals surface area contributed by atoms with Gasteiger partial charge in [-0.3, -0.25) is 4.98 Å². The third-order valence-corrected chi connectivity index (χ3v) is 4.28. The van der Waals surface area contributed by atoms with Crippen molar-refractivity contribution >= 4 is 0 Å². The second kappa shape index (κ2) is 8.45. The lowest BCUT2D eigenvalue weighted by molar-refractivity contribution is 0.306. The molecule has 3 aromatic rings. The molecule has 3 heteroatoms. The van der Waals surface area contributed by atoms with Crippen molar-refractivity contribution in [1.29, 1.82) is 0 Å². The van der Waals surface area contributed by atoms with E-state index in [1.165, 1.54) is 16.7 Å². The SMILES string of the molecule is Cc1cccc(COc2ccc(CC(CN)c3ccccn3)cc2)c1. The van der Waals surface area contributed by atoms with Gasteiger partial charge in [0.25, 0.3) is 0 Å². The number of hydrogen-bond donors (Lipinski definition) is 1. The number of pyridine rings is 1. The Morgan fingerprint density at radius 3 is 2.48 bits per heavy atom. The molecule has 25 heavy (non-hydrogen) atoms. The van der Waals surface area contributed by atoms with Gasteiger partial charge in [-0.15, -0.1) is 0 Å². The lowest BCUT2D eigenvalue weighted by Crippen LogP contribution is -2.16. The van der Waals surface area contributed by atoms with Crippen LogP contribution in [0, 0.1) is 6.92 Å². The number of aromatic nitrogens is 1. The normalized spacial score (nSPS) is 11.9. The Kier molecular flexibility index (Phi) is 5.81. The molecule has 0 fully saturated rings. The summed E-state index contributed by atoms with van der Waals surface area (Å²) in [5.74, 6) is 1.12. The summed E-state index contributed by atoms with van der Waals surface area (Å²) in [6.07, 6.45) is 2.70. The highest BCUT2D eigenvalue weighted by Gasteiger charge is 2.11. The fourth-order valence-corrected chi connectivity index (χ4v) is 2.90. The maximum absolute atomic E-state index is 5.94. The zero-order valence-corrected chi connectivity index (χ0v) is 14.6. The van der Waals surface area contributed by atoms with Crippen LogP contribution in [0.1, 0.15) is 28.3 Å². The standard InChI is InChI=1S/C22H24N2O/c1-17-5-4-6-19(13-17)16-25-21-10-8-18(9-11-21)14-20(15-23)22-7-2-3-12-24-22/h2-13,20H,14-16,23H2,1H3. The largest absolute Gasteiger partial charge is 0.489 e. The van der Waals surface area contributed by atoms with E-state index in [0.29, 0.717) is 13.2 Å². The maximum atomic E-state index is 5.94. The Morgan fingerprint density at radius 2 is 1.80 bits per heavy atom. The van der Waals surface area contributed by atoms with E-state index in [1.54, 1.807) is 0 Å². The number of nitrogens with two attached hydrogens (primary N) is 1. The Hall–Kier alpha value is -2.65. The van der Waals surface area contributed by atoms with E-state index in [4.69, 9.17) is 10.5 Å². The molecule has 1 unspecified atom stereocenters. The van der Waals surface area contributed by atoms with E-state index >= 15 is 0 Å². The van der Waals surface area contributed by atoms with Crippen molar-refractivity contribution in [3.63, 3.8) is 0 Å². The molecule has 0 spiro atoms. The van der Waals surface area contributed by atoms with Gasteiger partial charge >= 0.3 is 0 Å². The molecular weight excluding hydrogens is 308 g/mol. The van der Waals surface area contributed by atoms with E-state index in [0.717, 1.165) is 17.9 Å². The van der Waals surface area contributed by atoms with Gasteiger partial charge in [0.15, 0.2) is 0 Å². The molecule has 128 valence electrons. The van der Waals surface area contributed by atoms with Crippen molar-refractivity contribution < 1.29 is 4.74 Å². The van der Waals surface area contributed by atoms with Crippen LogP contribution in [0.3, 0.4) is 0 Å². The summed E-state index contributed by atoms with van der Waals surface area (Å²) in [6, 6.07) is 22.6. The summed E-state index contributed by atoms with van der Waals surface area (Å²) >= 11 is 0. The third-order valence-electron chi connectivity index (χ3n) is 4.28. The molecule has 0 aliphatic rings. The van der Waals surface area contributed by atoms with E-state index in [1.807, 2.05) is 36.5 Å². The van der Waals surface area contributed by atoms with E-state index in [-0.39, 0.29) is 5.92 Å². The van der Waals surface area contributed by atoms with Crippen molar-refractivity contribution in [3.8, 4) is 5.75 Å². The van der Waals surface area contributed by atoms with Crippen LogP contribution in [0.25, 0.3) is 0 Å². The number of aryl methyl sites for hydroxylation is 1. The quantitative estimate of drug-likeness (QED) is 0.703. The number of ether oxygens (including phenoxy) is 1. The lowest BCUT2D eigenvalue weighted by Gasteiger charge is -2.14. The van der Waals surface area contributed by atoms with Gasteiger partial charge in [-0.2, -0.15) is 0 Å². The summed E-state index contributed by atoms with van der Waals surface area (Å²) in [4.78, 5) is 4.43. The molecule has 0 bridgehead atoms. The summed E-state index contributed by atoms with van der Waals surface area (Å²) in [5, 5.41) is 0. The minimum atomic E-state index is 0.236. The molecule has 1 atom stereocenters. The van der Waals surface area contributed by atoms with Crippen molar-refractivity contribution in [2.45, 2.75) is 25.9 Å². The zero-order valence-electron chi connectivity index (χ0n) is 14.6. The maximum Gasteiger partial charge on any atom is 0.119 e. The Labute approximate surface area is 149 Å². The minimum Gasteiger partial charge on any atom is -0.489 e. The molecule has 0 radical (unpaired) electrons. The van der Waals surface area contributed by atoms with Crippen LogP contribution < -0.4 is 10.5 Å². The molecule has 0 amide bonds. The monoisotopic (exact) mass is 332 g/mol. The highest BCUT2D eigenvalue weighted by atomic mass is 16.5. The molecule has 0 aliphatic carbocycles. The van der Waals surface area contributed by atoms with Crippen LogP contribution in [0.5, 0.6) is 5.75 Å². The first-order valence-corrected chi connectivity index (χ1v) is 8.63. The van der Waals surface area contributed by atoms with E-state index in [9.17, 15) is 0 Å². The summed E-state index contributed by atoms with van der Waals surface area (Å²) in [6.45, 7) is 3.26. The predicted molar refractivity (Wildman–Crippen MR) is 102 cm³/mol. The number of nitrogens with zero attached hydrogens (tertiary/aromatic N) is 1. The summed E-state index contributed by atoms with van der Waals surface area (Å²) in [7, 11) is 0. The van der Waals surface area contributed by atoms with Crippen LogP contribution in [-0.4, -0.2) is 11.5 Å². The second-order valence-electron chi connectivity index (χ2n) is 6.31. The Bertz CT molecular complexity index is 785. The Morgan fingerprint density at radius 1 is 0.960 bits per heavy atom. The third kappa shape index (κ3) is 4.91. The van der Waals surface area contributed by atoms with E-state index < -0.39 is 0 Å². The van der Waals surface area contributed by atoms with Gasteiger partial charge in [0.2, 0.25) is 0 Å². The van der Waals surface area contributed by atoms with Gasteiger partial charge in [0.1, 0.15) is 12.4 Å². The molecule has 2 aromatic carbocycles. The first-order valence-electron chi connectivity index (χ1n) is 8.63. The molecule has 0 aliphatic heterocycles. The zero-order chi connectivity index (χ0) is 17.5. The average molecular weight is 332 g/mol. The van der Waals surface area contributed by atoms with Crippen molar-refractivity contribution in [2.75, 3.05) is 6.54 Å². The van der Waals surface area contributed by atoms with Crippen LogP contribution in [0.15, 0.2) is 72.9 Å². The first kappa shape index (κ1) is 17.2. The molecule has 1 heterocycles. The molecule has 0 saturated carbocycles. The molecular formula is C22H24N2O. The smallest absolute Gasteiger partial charge is 0.119 e. The number of benzene rings is 2. The fraction of sp³-hybridized carbons (Fsp3) is 0.227. The fourth-order valence-electron chi connectivity index (χ4n) is 2.90. The summed E-state index contributed by atoms with van der Waals surface area (Å²) < 4.78 is 5.88. The average Bonchev–Trinajstić information content (AvgIpc) is 2.66. The van der Waals surface area contributed by atoms with Crippen LogP contribution >= 0.6 is 0 Å². The predicted octanol–water partition coefficient (Wildman–Crippen LogP) is 4.25. The van der Waals surface area contributed by atoms with Gasteiger partial charge < -0.3 is 10.5 Å². The minimum absolute atomic E-state index is 0.236. The van der Waals surface area contributed by atoms with Crippen molar-refractivity contribution in [1.82, 2.24) is 4.98 Å². The molecule has 2 N–H and O–H groups in total. The van der Waals surface area contributed by atoms with Gasteiger partial charge in [0, 0.05) is 24.4 Å². The van der Waals surface area contributed by atoms with Crippen LogP contribution in [0.4, 0.5) is 0 Å². The number of rotatable bonds is 7. The van der Waals surface area contributed by atoms with Gasteiger partial charge in [-0.25, -0.2) is 0 Å². The summed E-state index contributed by atoms with van der Waals surface area (Å²) in [5.41, 5.74) is 10.7. The van der Waals surface area contributed by atoms with Crippen LogP contribution in [0.2, 0.25) is 0 Å². The van der Waals surface area contributed by atoms with E-state index in [2.05, 4.69) is 48.3 Å². The lowest BCUT2D eigenvalue weighted by atomic mass is 9.96. The van der Waals surface area contributed by atoms with Crippen LogP contribution in [-0.2, 0) is 13.0 Å². The molecule has 3 nitrogen and oxygen atoms in total. The second-order valence-corrected chi connectivity index (χ2v) is 6.31. The van der Waals surface area contributed by atoms with Crippen molar-refractivity contribution in [2.24, 2.45) is 5.73 Å². The van der Waals surface area contributed by atoms with Crippen molar-refractivity contribution in [3.05, 3.63) is 95.3 Å². The molecule has 3 rings (SSSR count). The van der Waals surface area contributed by atoms with Gasteiger partial charge in [-0.05, 0) is 48.7 Å². The Balaban J connectivity index is 1.60. The van der Waals surface area contributed by atoms with Gasteiger partial charge in [0.05, 0.1) is 0 Å². The molecule has 0 saturated heterocycles. The highest BCUT2D eigenvalue weighted by Crippen LogP contribution is 2.21.